The van der Waals surface area contributed by atoms with Crippen LogP contribution in [0, 0.1) is 6.92 Å². The molecule has 1 aromatic heterocycles. The predicted octanol–water partition coefficient (Wildman–Crippen LogP) is 2.92. The molecule has 4 nitrogen and oxygen atoms in total. The fraction of sp³-hybridized carbons (Fsp3) is 0.733. The highest BCUT2D eigenvalue weighted by Crippen LogP contribution is 2.27. The van der Waals surface area contributed by atoms with Crippen LogP contribution < -0.4 is 4.90 Å². The zero-order valence-electron chi connectivity index (χ0n) is 13.0. The fourth-order valence-corrected chi connectivity index (χ4v) is 2.94. The van der Waals surface area contributed by atoms with E-state index < -0.39 is 0 Å². The normalized spacial score (nSPS) is 17.4. The molecule has 1 saturated heterocycles. The van der Waals surface area contributed by atoms with Gasteiger partial charge in [-0.25, -0.2) is 9.97 Å². The minimum absolute atomic E-state index is 0.547. The second-order valence-corrected chi connectivity index (χ2v) is 6.13. The summed E-state index contributed by atoms with van der Waals surface area (Å²) in [6.45, 7) is 6.44. The Bertz CT molecular complexity index is 455. The quantitative estimate of drug-likeness (QED) is 0.800. The van der Waals surface area contributed by atoms with Crippen LogP contribution >= 0.6 is 11.6 Å². The van der Waals surface area contributed by atoms with Crippen LogP contribution in [0.1, 0.15) is 37.6 Å². The minimum atomic E-state index is 0.547. The van der Waals surface area contributed by atoms with E-state index in [1.54, 1.807) is 0 Å². The summed E-state index contributed by atoms with van der Waals surface area (Å²) >= 11 is 6.27. The first-order valence-corrected chi connectivity index (χ1v) is 7.85. The maximum Gasteiger partial charge on any atom is 0.137 e. The Morgan fingerprint density at radius 3 is 2.55 bits per heavy atom. The summed E-state index contributed by atoms with van der Waals surface area (Å²) in [5, 5.41) is 0.596. The van der Waals surface area contributed by atoms with Crippen molar-refractivity contribution in [2.45, 2.75) is 45.6 Å². The van der Waals surface area contributed by atoms with Gasteiger partial charge < -0.3 is 9.80 Å². The van der Waals surface area contributed by atoms with E-state index >= 15 is 0 Å². The van der Waals surface area contributed by atoms with Crippen molar-refractivity contribution in [1.82, 2.24) is 14.9 Å². The first-order valence-electron chi connectivity index (χ1n) is 7.47. The highest BCUT2D eigenvalue weighted by Gasteiger charge is 2.23. The Morgan fingerprint density at radius 2 is 1.95 bits per heavy atom. The van der Waals surface area contributed by atoms with Crippen molar-refractivity contribution < 1.29 is 0 Å². The molecule has 5 heteroatoms. The first kappa shape index (κ1) is 15.5. The van der Waals surface area contributed by atoms with Crippen LogP contribution in [0.3, 0.4) is 0 Å². The van der Waals surface area contributed by atoms with E-state index in [2.05, 4.69) is 35.8 Å². The van der Waals surface area contributed by atoms with Gasteiger partial charge in [0.2, 0.25) is 0 Å². The van der Waals surface area contributed by atoms with Gasteiger partial charge in [-0.15, -0.1) is 0 Å². The monoisotopic (exact) mass is 296 g/mol. The molecular weight excluding hydrogens is 272 g/mol. The van der Waals surface area contributed by atoms with Gasteiger partial charge in [0.1, 0.15) is 16.8 Å². The number of rotatable bonds is 4. The molecule has 0 atom stereocenters. The van der Waals surface area contributed by atoms with Crippen molar-refractivity contribution in [3.05, 3.63) is 16.5 Å². The topological polar surface area (TPSA) is 32.3 Å². The molecule has 0 radical (unpaired) electrons. The molecule has 1 aliphatic heterocycles. The summed E-state index contributed by atoms with van der Waals surface area (Å²) in [7, 11) is 4.32. The molecule has 0 spiro atoms. The molecular formula is C15H25ClN4. The van der Waals surface area contributed by atoms with E-state index in [0.29, 0.717) is 11.2 Å². The molecule has 1 aliphatic rings. The van der Waals surface area contributed by atoms with E-state index in [1.165, 1.54) is 12.8 Å². The third kappa shape index (κ3) is 3.41. The molecule has 0 amide bonds. The first-order chi connectivity index (χ1) is 9.52. The molecule has 20 heavy (non-hydrogen) atoms. The van der Waals surface area contributed by atoms with E-state index in [0.717, 1.165) is 43.1 Å². The number of halogens is 1. The third-order valence-electron chi connectivity index (χ3n) is 4.15. The molecule has 0 saturated carbocycles. The zero-order valence-corrected chi connectivity index (χ0v) is 13.7. The number of hydrogen-bond acceptors (Lipinski definition) is 4. The third-order valence-corrected chi connectivity index (χ3v) is 4.52. The molecule has 1 fully saturated rings. The van der Waals surface area contributed by atoms with Crippen LogP contribution in [-0.4, -0.2) is 48.1 Å². The predicted molar refractivity (Wildman–Crippen MR) is 84.7 cm³/mol. The van der Waals surface area contributed by atoms with Crippen molar-refractivity contribution >= 4 is 17.4 Å². The number of aromatic nitrogens is 2. The Balaban J connectivity index is 2.21. The van der Waals surface area contributed by atoms with Crippen LogP contribution in [0.2, 0.25) is 5.15 Å². The van der Waals surface area contributed by atoms with Crippen LogP contribution in [0.25, 0.3) is 0 Å². The number of anilines is 1. The molecule has 2 rings (SSSR count). The van der Waals surface area contributed by atoms with Gasteiger partial charge in [-0.2, -0.15) is 0 Å². The molecule has 112 valence electrons. The van der Waals surface area contributed by atoms with Crippen LogP contribution in [0.5, 0.6) is 0 Å². The van der Waals surface area contributed by atoms with Crippen molar-refractivity contribution in [1.29, 1.82) is 0 Å². The molecule has 0 bridgehead atoms. The van der Waals surface area contributed by atoms with E-state index in [9.17, 15) is 0 Å². The maximum absolute atomic E-state index is 6.27. The van der Waals surface area contributed by atoms with Gasteiger partial charge in [0, 0.05) is 25.1 Å². The van der Waals surface area contributed by atoms with E-state index in [1.807, 2.05) is 6.92 Å². The van der Waals surface area contributed by atoms with Crippen LogP contribution in [0.4, 0.5) is 5.82 Å². The summed E-state index contributed by atoms with van der Waals surface area (Å²) in [4.78, 5) is 13.8. The van der Waals surface area contributed by atoms with Gasteiger partial charge in [0.15, 0.2) is 0 Å². The lowest BCUT2D eigenvalue weighted by Crippen LogP contribution is -2.42. The standard InChI is InChI=1S/C15H25ClN4/c1-5-6-13-17-14(16)11(2)15(18-13)20(4)12-7-9-19(3)10-8-12/h12H,5-10H2,1-4H3. The summed E-state index contributed by atoms with van der Waals surface area (Å²) in [6, 6.07) is 0.547. The SMILES string of the molecule is CCCc1nc(Cl)c(C)c(N(C)C2CCN(C)CC2)n1. The number of hydrogen-bond donors (Lipinski definition) is 0. The Labute approximate surface area is 127 Å². The van der Waals surface area contributed by atoms with Gasteiger partial charge in [-0.1, -0.05) is 18.5 Å². The highest BCUT2D eigenvalue weighted by molar-refractivity contribution is 6.30. The van der Waals surface area contributed by atoms with Gasteiger partial charge in [-0.05, 0) is 46.3 Å². The van der Waals surface area contributed by atoms with Crippen molar-refractivity contribution in [3.8, 4) is 0 Å². The van der Waals surface area contributed by atoms with Crippen molar-refractivity contribution in [3.63, 3.8) is 0 Å². The lowest BCUT2D eigenvalue weighted by molar-refractivity contribution is 0.252. The average molecular weight is 297 g/mol. The second-order valence-electron chi connectivity index (χ2n) is 5.77. The molecule has 0 unspecified atom stereocenters. The summed E-state index contributed by atoms with van der Waals surface area (Å²) in [6.07, 6.45) is 4.28. The van der Waals surface area contributed by atoms with Gasteiger partial charge in [0.05, 0.1) is 0 Å². The van der Waals surface area contributed by atoms with E-state index in [-0.39, 0.29) is 0 Å². The van der Waals surface area contributed by atoms with Crippen LogP contribution in [0.15, 0.2) is 0 Å². The largest absolute Gasteiger partial charge is 0.356 e. The van der Waals surface area contributed by atoms with E-state index in [4.69, 9.17) is 16.6 Å². The fourth-order valence-electron chi connectivity index (χ4n) is 2.75. The van der Waals surface area contributed by atoms with Crippen molar-refractivity contribution in [2.75, 3.05) is 32.1 Å². The molecule has 0 aromatic carbocycles. The summed E-state index contributed by atoms with van der Waals surface area (Å²) < 4.78 is 0. The van der Waals surface area contributed by atoms with Crippen molar-refractivity contribution in [2.24, 2.45) is 0 Å². The molecule has 1 aromatic rings. The second kappa shape index (κ2) is 6.72. The number of nitrogens with zero attached hydrogens (tertiary/aromatic N) is 4. The summed E-state index contributed by atoms with van der Waals surface area (Å²) in [5.74, 6) is 1.86. The van der Waals surface area contributed by atoms with Gasteiger partial charge >= 0.3 is 0 Å². The highest BCUT2D eigenvalue weighted by atomic mass is 35.5. The summed E-state index contributed by atoms with van der Waals surface area (Å²) in [5.41, 5.74) is 0.993. The maximum atomic E-state index is 6.27. The Hall–Kier alpha value is -0.870. The zero-order chi connectivity index (χ0) is 14.7. The molecule has 0 aliphatic carbocycles. The van der Waals surface area contributed by atoms with Gasteiger partial charge in [0.25, 0.3) is 0 Å². The lowest BCUT2D eigenvalue weighted by atomic mass is 10.0. The number of aryl methyl sites for hydroxylation is 1. The number of likely N-dealkylation sites (tertiary alicyclic amines) is 1. The molecule has 2 heterocycles. The smallest absolute Gasteiger partial charge is 0.137 e. The Morgan fingerprint density at radius 1 is 1.30 bits per heavy atom. The Kier molecular flexibility index (Phi) is 5.22. The van der Waals surface area contributed by atoms with Crippen LogP contribution in [-0.2, 0) is 6.42 Å². The molecule has 0 N–H and O–H groups in total. The number of piperidine rings is 1. The average Bonchev–Trinajstić information content (AvgIpc) is 2.43. The minimum Gasteiger partial charge on any atom is -0.356 e. The lowest BCUT2D eigenvalue weighted by Gasteiger charge is -2.36. The van der Waals surface area contributed by atoms with Gasteiger partial charge in [-0.3, -0.25) is 0 Å².